The number of rotatable bonds is 6. The summed E-state index contributed by atoms with van der Waals surface area (Å²) in [6.45, 7) is 3.07. The van der Waals surface area contributed by atoms with Gasteiger partial charge >= 0.3 is 0 Å². The number of hydrogen-bond donors (Lipinski definition) is 1. The number of benzene rings is 1. The highest BCUT2D eigenvalue weighted by atomic mass is 16.3. The molecule has 1 N–H and O–H groups in total. The van der Waals surface area contributed by atoms with Gasteiger partial charge < -0.3 is 10.0 Å². The maximum atomic E-state index is 12.5. The van der Waals surface area contributed by atoms with E-state index in [1.54, 1.807) is 24.3 Å². The van der Waals surface area contributed by atoms with E-state index < -0.39 is 6.04 Å². The molecule has 2 amide bonds. The minimum Gasteiger partial charge on any atom is -0.394 e. The van der Waals surface area contributed by atoms with Crippen molar-refractivity contribution < 1.29 is 14.7 Å². The molecule has 1 fully saturated rings. The second kappa shape index (κ2) is 7.23. The molecule has 0 radical (unpaired) electrons. The molecule has 23 heavy (non-hydrogen) atoms. The van der Waals surface area contributed by atoms with E-state index in [9.17, 15) is 14.7 Å². The van der Waals surface area contributed by atoms with Gasteiger partial charge in [-0.25, -0.2) is 0 Å². The number of amides is 2. The molecule has 0 saturated carbocycles. The number of nitrogens with zero attached hydrogens (tertiary/aromatic N) is 2. The number of piperidine rings is 1. The van der Waals surface area contributed by atoms with Crippen molar-refractivity contribution >= 4 is 11.8 Å². The molecule has 0 aliphatic carbocycles. The Morgan fingerprint density at radius 3 is 2.17 bits per heavy atom. The second-order valence-corrected chi connectivity index (χ2v) is 6.41. The summed E-state index contributed by atoms with van der Waals surface area (Å²) in [7, 11) is 0. The Labute approximate surface area is 136 Å². The first-order valence-electron chi connectivity index (χ1n) is 8.52. The fourth-order valence-corrected chi connectivity index (χ4v) is 3.58. The van der Waals surface area contributed by atoms with Crippen molar-refractivity contribution in [2.24, 2.45) is 0 Å². The standard InChI is InChI=1S/C18H24N2O3/c21-13-14(7-6-12-19-10-4-1-5-11-19)20-17(22)15-8-2-3-9-16(15)18(20)23/h2-3,8-9,14,21H,1,4-7,10-13H2/t14-/m1/s1. The Morgan fingerprint density at radius 2 is 1.61 bits per heavy atom. The van der Waals surface area contributed by atoms with Crippen molar-refractivity contribution in [1.82, 2.24) is 9.80 Å². The predicted octanol–water partition coefficient (Wildman–Crippen LogP) is 1.91. The first-order chi connectivity index (χ1) is 11.2. The number of aliphatic hydroxyl groups is 1. The van der Waals surface area contributed by atoms with Gasteiger partial charge in [0.05, 0.1) is 23.8 Å². The number of likely N-dealkylation sites (tertiary alicyclic amines) is 1. The maximum absolute atomic E-state index is 12.5. The third-order valence-corrected chi connectivity index (χ3v) is 4.86. The van der Waals surface area contributed by atoms with Crippen molar-refractivity contribution in [3.8, 4) is 0 Å². The van der Waals surface area contributed by atoms with E-state index in [4.69, 9.17) is 0 Å². The smallest absolute Gasteiger partial charge is 0.261 e. The molecular formula is C18H24N2O3. The van der Waals surface area contributed by atoms with Gasteiger partial charge in [0.15, 0.2) is 0 Å². The molecule has 2 heterocycles. The highest BCUT2D eigenvalue weighted by Gasteiger charge is 2.39. The molecular weight excluding hydrogens is 292 g/mol. The molecule has 5 heteroatoms. The van der Waals surface area contributed by atoms with Crippen molar-refractivity contribution in [1.29, 1.82) is 0 Å². The van der Waals surface area contributed by atoms with E-state index in [1.807, 2.05) is 0 Å². The lowest BCUT2D eigenvalue weighted by atomic mass is 10.1. The molecule has 0 spiro atoms. The van der Waals surface area contributed by atoms with Crippen LogP contribution in [0.3, 0.4) is 0 Å². The number of carbonyl (C=O) groups excluding carboxylic acids is 2. The van der Waals surface area contributed by atoms with Crippen LogP contribution in [0.25, 0.3) is 0 Å². The van der Waals surface area contributed by atoms with Crippen molar-refractivity contribution in [2.45, 2.75) is 38.1 Å². The Bertz CT molecular complexity index is 546. The van der Waals surface area contributed by atoms with Gasteiger partial charge in [-0.2, -0.15) is 0 Å². The Kier molecular flexibility index (Phi) is 5.08. The summed E-state index contributed by atoms with van der Waals surface area (Å²) in [6, 6.07) is 6.46. The quantitative estimate of drug-likeness (QED) is 0.815. The van der Waals surface area contributed by atoms with Gasteiger partial charge in [0.25, 0.3) is 11.8 Å². The molecule has 1 atom stereocenters. The monoisotopic (exact) mass is 316 g/mol. The van der Waals surface area contributed by atoms with Crippen molar-refractivity contribution in [3.05, 3.63) is 35.4 Å². The minimum absolute atomic E-state index is 0.175. The zero-order valence-electron chi connectivity index (χ0n) is 13.4. The zero-order chi connectivity index (χ0) is 16.2. The van der Waals surface area contributed by atoms with E-state index in [0.717, 1.165) is 26.1 Å². The fraction of sp³-hybridized carbons (Fsp3) is 0.556. The number of fused-ring (bicyclic) bond motifs is 1. The highest BCUT2D eigenvalue weighted by molar-refractivity contribution is 6.21. The van der Waals surface area contributed by atoms with Crippen molar-refractivity contribution in [3.63, 3.8) is 0 Å². The lowest BCUT2D eigenvalue weighted by Crippen LogP contribution is -2.42. The molecule has 124 valence electrons. The van der Waals surface area contributed by atoms with Gasteiger partial charge in [-0.05, 0) is 57.5 Å². The molecule has 1 aromatic rings. The summed E-state index contributed by atoms with van der Waals surface area (Å²) < 4.78 is 0. The summed E-state index contributed by atoms with van der Waals surface area (Å²) >= 11 is 0. The highest BCUT2D eigenvalue weighted by Crippen LogP contribution is 2.26. The average molecular weight is 316 g/mol. The van der Waals surface area contributed by atoms with E-state index in [-0.39, 0.29) is 18.4 Å². The molecule has 3 rings (SSSR count). The van der Waals surface area contributed by atoms with Crippen LogP contribution in [0.15, 0.2) is 24.3 Å². The lowest BCUT2D eigenvalue weighted by molar-refractivity contribution is 0.0497. The molecule has 2 aliphatic rings. The summed E-state index contributed by atoms with van der Waals surface area (Å²) in [5.74, 6) is -0.551. The number of carbonyl (C=O) groups is 2. The van der Waals surface area contributed by atoms with Crippen LogP contribution >= 0.6 is 0 Å². The van der Waals surface area contributed by atoms with Crippen LogP contribution < -0.4 is 0 Å². The van der Waals surface area contributed by atoms with Crippen molar-refractivity contribution in [2.75, 3.05) is 26.2 Å². The van der Waals surface area contributed by atoms with E-state index in [1.165, 1.54) is 24.2 Å². The first-order valence-corrected chi connectivity index (χ1v) is 8.52. The normalized spacial score (nSPS) is 20.0. The van der Waals surface area contributed by atoms with Crippen LogP contribution in [0.1, 0.15) is 52.8 Å². The largest absolute Gasteiger partial charge is 0.394 e. The molecule has 0 bridgehead atoms. The third-order valence-electron chi connectivity index (χ3n) is 4.86. The van der Waals surface area contributed by atoms with Gasteiger partial charge in [-0.3, -0.25) is 14.5 Å². The van der Waals surface area contributed by atoms with Crippen LogP contribution in [0.2, 0.25) is 0 Å². The number of hydrogen-bond acceptors (Lipinski definition) is 4. The minimum atomic E-state index is -0.424. The lowest BCUT2D eigenvalue weighted by Gasteiger charge is -2.28. The maximum Gasteiger partial charge on any atom is 0.261 e. The van der Waals surface area contributed by atoms with Crippen LogP contribution in [-0.2, 0) is 0 Å². The first kappa shape index (κ1) is 16.1. The molecule has 2 aliphatic heterocycles. The second-order valence-electron chi connectivity index (χ2n) is 6.41. The van der Waals surface area contributed by atoms with Crippen LogP contribution in [0, 0.1) is 0 Å². The SMILES string of the molecule is O=C1c2ccccc2C(=O)N1[C@@H](CO)CCCN1CCCCC1. The van der Waals surface area contributed by atoms with Crippen LogP contribution in [-0.4, -0.2) is 59.0 Å². The molecule has 1 aromatic carbocycles. The predicted molar refractivity (Wildman–Crippen MR) is 87.3 cm³/mol. The summed E-state index contributed by atoms with van der Waals surface area (Å²) in [6.07, 6.45) is 5.35. The molecule has 5 nitrogen and oxygen atoms in total. The Morgan fingerprint density at radius 1 is 1.00 bits per heavy atom. The number of imide groups is 1. The molecule has 0 unspecified atom stereocenters. The van der Waals surface area contributed by atoms with E-state index in [0.29, 0.717) is 17.5 Å². The molecule has 1 saturated heterocycles. The average Bonchev–Trinajstić information content (AvgIpc) is 2.85. The summed E-state index contributed by atoms with van der Waals surface area (Å²) in [5, 5.41) is 9.68. The topological polar surface area (TPSA) is 60.9 Å². The summed E-state index contributed by atoms with van der Waals surface area (Å²) in [4.78, 5) is 28.6. The Hall–Kier alpha value is -1.72. The van der Waals surface area contributed by atoms with Gasteiger partial charge in [0.2, 0.25) is 0 Å². The fourth-order valence-electron chi connectivity index (χ4n) is 3.58. The third kappa shape index (κ3) is 3.31. The van der Waals surface area contributed by atoms with E-state index >= 15 is 0 Å². The van der Waals surface area contributed by atoms with Gasteiger partial charge in [-0.15, -0.1) is 0 Å². The zero-order valence-corrected chi connectivity index (χ0v) is 13.4. The Balaban J connectivity index is 1.60. The van der Waals surface area contributed by atoms with Gasteiger partial charge in [-0.1, -0.05) is 18.6 Å². The van der Waals surface area contributed by atoms with Gasteiger partial charge in [0, 0.05) is 0 Å². The van der Waals surface area contributed by atoms with Gasteiger partial charge in [0.1, 0.15) is 0 Å². The summed E-state index contributed by atoms with van der Waals surface area (Å²) in [5.41, 5.74) is 0.902. The van der Waals surface area contributed by atoms with Crippen LogP contribution in [0.4, 0.5) is 0 Å². The number of aliphatic hydroxyl groups excluding tert-OH is 1. The van der Waals surface area contributed by atoms with Crippen LogP contribution in [0.5, 0.6) is 0 Å². The van der Waals surface area contributed by atoms with E-state index in [2.05, 4.69) is 4.90 Å². The molecule has 0 aromatic heterocycles.